The highest BCUT2D eigenvalue weighted by Gasteiger charge is 2.35. The zero-order valence-corrected chi connectivity index (χ0v) is 6.76. The average Bonchev–Trinajstić information content (AvgIpc) is 2.46. The van der Waals surface area contributed by atoms with Crippen LogP contribution in [0.3, 0.4) is 0 Å². The number of pyridine rings is 1. The van der Waals surface area contributed by atoms with E-state index in [2.05, 4.69) is 9.72 Å². The van der Waals surface area contributed by atoms with E-state index in [-0.39, 0.29) is 23.8 Å². The third-order valence-electron chi connectivity index (χ3n) is 1.79. The number of fused-ring (bicyclic) bond motifs is 1. The molecule has 2 heterocycles. The lowest BCUT2D eigenvalue weighted by Gasteiger charge is -2.05. The van der Waals surface area contributed by atoms with Gasteiger partial charge in [-0.1, -0.05) is 0 Å². The van der Waals surface area contributed by atoms with Gasteiger partial charge in [0.25, 0.3) is 0 Å². The van der Waals surface area contributed by atoms with Crippen LogP contribution in [0.2, 0.25) is 0 Å². The Hall–Kier alpha value is -1.59. The van der Waals surface area contributed by atoms with Crippen LogP contribution in [-0.4, -0.2) is 17.4 Å². The number of ether oxygens (including phenoxy) is 1. The Balaban J connectivity index is 2.47. The molecule has 0 radical (unpaired) electrons. The molecule has 0 bridgehead atoms. The van der Waals surface area contributed by atoms with Crippen LogP contribution in [0.15, 0.2) is 12.1 Å². The molecule has 0 unspecified atom stereocenters. The van der Waals surface area contributed by atoms with Gasteiger partial charge < -0.3 is 4.74 Å². The van der Waals surface area contributed by atoms with Crippen LogP contribution in [0.1, 0.15) is 16.1 Å². The highest BCUT2D eigenvalue weighted by atomic mass is 19.4. The van der Waals surface area contributed by atoms with E-state index >= 15 is 0 Å². The van der Waals surface area contributed by atoms with Crippen molar-refractivity contribution < 1.29 is 22.7 Å². The van der Waals surface area contributed by atoms with Gasteiger partial charge in [0.1, 0.15) is 5.69 Å². The maximum atomic E-state index is 12.2. The van der Waals surface area contributed by atoms with E-state index in [1.54, 1.807) is 0 Å². The molecule has 0 aliphatic carbocycles. The van der Waals surface area contributed by atoms with Crippen LogP contribution in [-0.2, 0) is 6.18 Å². The van der Waals surface area contributed by atoms with Crippen LogP contribution in [0.4, 0.5) is 13.2 Å². The molecule has 0 spiro atoms. The van der Waals surface area contributed by atoms with Crippen molar-refractivity contribution in [1.82, 2.24) is 4.98 Å². The van der Waals surface area contributed by atoms with Gasteiger partial charge in [-0.3, -0.25) is 4.79 Å². The van der Waals surface area contributed by atoms with Crippen LogP contribution in [0.5, 0.6) is 5.88 Å². The molecule has 0 N–H and O–H groups in total. The maximum Gasteiger partial charge on any atom is 0.433 e. The molecular weight excluding hydrogens is 199 g/mol. The van der Waals surface area contributed by atoms with Gasteiger partial charge in [-0.05, 0) is 12.1 Å². The van der Waals surface area contributed by atoms with Crippen molar-refractivity contribution in [1.29, 1.82) is 0 Å². The number of rotatable bonds is 0. The molecule has 0 saturated heterocycles. The van der Waals surface area contributed by atoms with E-state index in [1.807, 2.05) is 0 Å². The van der Waals surface area contributed by atoms with E-state index in [4.69, 9.17) is 0 Å². The zero-order valence-electron chi connectivity index (χ0n) is 6.76. The second kappa shape index (κ2) is 2.70. The largest absolute Gasteiger partial charge is 0.469 e. The molecule has 14 heavy (non-hydrogen) atoms. The number of alkyl halides is 3. The van der Waals surface area contributed by atoms with Gasteiger partial charge in [0, 0.05) is 0 Å². The molecule has 3 nitrogen and oxygen atoms in total. The topological polar surface area (TPSA) is 39.2 Å². The Morgan fingerprint density at radius 2 is 2.07 bits per heavy atom. The lowest BCUT2D eigenvalue weighted by molar-refractivity contribution is -0.141. The minimum atomic E-state index is -4.51. The van der Waals surface area contributed by atoms with Crippen molar-refractivity contribution in [3.05, 3.63) is 23.4 Å². The molecule has 0 saturated carbocycles. The summed E-state index contributed by atoms with van der Waals surface area (Å²) in [7, 11) is 0. The second-order valence-corrected chi connectivity index (χ2v) is 2.76. The van der Waals surface area contributed by atoms with Gasteiger partial charge in [-0.25, -0.2) is 4.98 Å². The first-order chi connectivity index (χ1) is 6.48. The summed E-state index contributed by atoms with van der Waals surface area (Å²) in [5.74, 6) is -0.578. The Morgan fingerprint density at radius 3 is 2.71 bits per heavy atom. The predicted octanol–water partition coefficient (Wildman–Crippen LogP) is 1.68. The Labute approximate surface area is 76.5 Å². The summed E-state index contributed by atoms with van der Waals surface area (Å²) in [5, 5.41) is 0. The van der Waals surface area contributed by atoms with Crippen molar-refractivity contribution in [2.24, 2.45) is 0 Å². The van der Waals surface area contributed by atoms with Crippen molar-refractivity contribution in [3.63, 3.8) is 0 Å². The number of hydrogen-bond donors (Lipinski definition) is 0. The standard InChI is InChI=1S/C8H4F3NO2/c9-8(10,11)6-2-1-4-5(13)3-14-7(4)12-6/h1-2H,3H2. The number of aromatic nitrogens is 1. The zero-order chi connectivity index (χ0) is 10.3. The minimum Gasteiger partial charge on any atom is -0.469 e. The second-order valence-electron chi connectivity index (χ2n) is 2.76. The van der Waals surface area contributed by atoms with Gasteiger partial charge in [0.15, 0.2) is 6.61 Å². The fourth-order valence-corrected chi connectivity index (χ4v) is 1.13. The van der Waals surface area contributed by atoms with E-state index in [9.17, 15) is 18.0 Å². The quantitative estimate of drug-likeness (QED) is 0.643. The number of carbonyl (C=O) groups excluding carboxylic acids is 1. The lowest BCUT2D eigenvalue weighted by Crippen LogP contribution is -2.08. The molecule has 1 aromatic rings. The molecule has 1 aliphatic rings. The third kappa shape index (κ3) is 1.32. The average molecular weight is 203 g/mol. The Bertz CT molecular complexity index is 400. The fourth-order valence-electron chi connectivity index (χ4n) is 1.13. The van der Waals surface area contributed by atoms with Crippen molar-refractivity contribution in [2.45, 2.75) is 6.18 Å². The molecular formula is C8H4F3NO2. The van der Waals surface area contributed by atoms with Gasteiger partial charge in [-0.15, -0.1) is 0 Å². The summed E-state index contributed by atoms with van der Waals surface area (Å²) < 4.78 is 41.1. The smallest absolute Gasteiger partial charge is 0.433 e. The number of Topliss-reactive ketones (excluding diaryl/α,β-unsaturated/α-hetero) is 1. The van der Waals surface area contributed by atoms with Crippen molar-refractivity contribution >= 4 is 5.78 Å². The first-order valence-corrected chi connectivity index (χ1v) is 3.73. The summed E-state index contributed by atoms with van der Waals surface area (Å²) >= 11 is 0. The van der Waals surface area contributed by atoms with Gasteiger partial charge >= 0.3 is 6.18 Å². The maximum absolute atomic E-state index is 12.2. The number of nitrogens with zero attached hydrogens (tertiary/aromatic N) is 1. The first kappa shape index (κ1) is 8.98. The first-order valence-electron chi connectivity index (χ1n) is 3.73. The Morgan fingerprint density at radius 1 is 1.36 bits per heavy atom. The monoisotopic (exact) mass is 203 g/mol. The summed E-state index contributed by atoms with van der Waals surface area (Å²) in [6.07, 6.45) is -4.51. The van der Waals surface area contributed by atoms with E-state index in [0.29, 0.717) is 0 Å². The van der Waals surface area contributed by atoms with Crippen LogP contribution < -0.4 is 4.74 Å². The highest BCUT2D eigenvalue weighted by molar-refractivity contribution is 6.01. The summed E-state index contributed by atoms with van der Waals surface area (Å²) in [4.78, 5) is 14.2. The molecule has 0 atom stereocenters. The molecule has 1 aromatic heterocycles. The molecule has 1 aliphatic heterocycles. The molecule has 74 valence electrons. The third-order valence-corrected chi connectivity index (χ3v) is 1.79. The van der Waals surface area contributed by atoms with E-state index < -0.39 is 11.9 Å². The number of hydrogen-bond acceptors (Lipinski definition) is 3. The number of halogens is 3. The molecule has 2 rings (SSSR count). The van der Waals surface area contributed by atoms with Gasteiger partial charge in [0.05, 0.1) is 5.56 Å². The van der Waals surface area contributed by atoms with Crippen molar-refractivity contribution in [2.75, 3.05) is 6.61 Å². The number of carbonyl (C=O) groups is 1. The summed E-state index contributed by atoms with van der Waals surface area (Å²) in [6.45, 7) is -0.232. The van der Waals surface area contributed by atoms with Crippen LogP contribution in [0.25, 0.3) is 0 Å². The summed E-state index contributed by atoms with van der Waals surface area (Å²) in [5.41, 5.74) is -0.941. The van der Waals surface area contributed by atoms with Crippen LogP contribution in [0, 0.1) is 0 Å². The molecule has 0 amide bonds. The van der Waals surface area contributed by atoms with E-state index in [0.717, 1.165) is 12.1 Å². The summed E-state index contributed by atoms with van der Waals surface area (Å²) in [6, 6.07) is 1.85. The Kier molecular flexibility index (Phi) is 1.73. The predicted molar refractivity (Wildman–Crippen MR) is 39.1 cm³/mol. The van der Waals surface area contributed by atoms with Gasteiger partial charge in [0.2, 0.25) is 11.7 Å². The highest BCUT2D eigenvalue weighted by Crippen LogP contribution is 2.31. The van der Waals surface area contributed by atoms with Gasteiger partial charge in [-0.2, -0.15) is 13.2 Å². The molecule has 0 aromatic carbocycles. The van der Waals surface area contributed by atoms with E-state index in [1.165, 1.54) is 0 Å². The fraction of sp³-hybridized carbons (Fsp3) is 0.250. The normalized spacial score (nSPS) is 15.2. The molecule has 6 heteroatoms. The van der Waals surface area contributed by atoms with Crippen molar-refractivity contribution in [3.8, 4) is 5.88 Å². The minimum absolute atomic E-state index is 0.109. The molecule has 0 fully saturated rings. The lowest BCUT2D eigenvalue weighted by atomic mass is 10.2. The van der Waals surface area contributed by atoms with Crippen LogP contribution >= 0.6 is 0 Å². The SMILES string of the molecule is O=C1COc2nc(C(F)(F)F)ccc21. The number of ketones is 1.